The molecule has 5 nitrogen and oxygen atoms in total. The summed E-state index contributed by atoms with van der Waals surface area (Å²) in [6, 6.07) is 14.0. The van der Waals surface area contributed by atoms with Gasteiger partial charge in [-0.25, -0.2) is 0 Å². The van der Waals surface area contributed by atoms with Crippen LogP contribution in [0.4, 0.5) is 0 Å². The van der Waals surface area contributed by atoms with Crippen molar-refractivity contribution in [3.8, 4) is 5.75 Å². The molecular formula is C24H28N2O3. The van der Waals surface area contributed by atoms with Gasteiger partial charge in [-0.05, 0) is 47.7 Å². The minimum absolute atomic E-state index is 0.122. The molecule has 5 heteroatoms. The van der Waals surface area contributed by atoms with Crippen molar-refractivity contribution in [3.05, 3.63) is 64.8 Å². The third-order valence-corrected chi connectivity index (χ3v) is 5.70. The van der Waals surface area contributed by atoms with Crippen molar-refractivity contribution in [1.29, 1.82) is 0 Å². The van der Waals surface area contributed by atoms with Crippen molar-refractivity contribution in [3.63, 3.8) is 0 Å². The van der Waals surface area contributed by atoms with Gasteiger partial charge < -0.3 is 14.5 Å². The maximum Gasteiger partial charge on any atom is 0.323 e. The van der Waals surface area contributed by atoms with Crippen LogP contribution in [0.2, 0.25) is 0 Å². The SMILES string of the molecule is CCOc1ccc(C2NC(C(=O)OC)Cc3c2[nH]c2ccccc32)c(C(C)C)c1. The van der Waals surface area contributed by atoms with Crippen molar-refractivity contribution in [1.82, 2.24) is 10.3 Å². The number of rotatable bonds is 5. The third-order valence-electron chi connectivity index (χ3n) is 5.70. The highest BCUT2D eigenvalue weighted by Gasteiger charge is 2.35. The largest absolute Gasteiger partial charge is 0.494 e. The van der Waals surface area contributed by atoms with Gasteiger partial charge in [0.05, 0.1) is 19.8 Å². The zero-order valence-electron chi connectivity index (χ0n) is 17.4. The van der Waals surface area contributed by atoms with Gasteiger partial charge in [-0.3, -0.25) is 10.1 Å². The number of nitrogens with one attached hydrogen (secondary N) is 2. The number of methoxy groups -OCH3 is 1. The molecule has 1 aliphatic heterocycles. The van der Waals surface area contributed by atoms with Gasteiger partial charge in [0.1, 0.15) is 11.8 Å². The van der Waals surface area contributed by atoms with Gasteiger partial charge in [0.25, 0.3) is 0 Å². The van der Waals surface area contributed by atoms with Gasteiger partial charge in [0.15, 0.2) is 0 Å². The molecule has 0 aliphatic carbocycles. The van der Waals surface area contributed by atoms with Crippen LogP contribution < -0.4 is 10.1 Å². The van der Waals surface area contributed by atoms with Gasteiger partial charge in [-0.2, -0.15) is 0 Å². The third kappa shape index (κ3) is 3.51. The summed E-state index contributed by atoms with van der Waals surface area (Å²) >= 11 is 0. The summed E-state index contributed by atoms with van der Waals surface area (Å²) in [7, 11) is 1.44. The number of fused-ring (bicyclic) bond motifs is 3. The Morgan fingerprint density at radius 2 is 2.00 bits per heavy atom. The predicted molar refractivity (Wildman–Crippen MR) is 114 cm³/mol. The first kappa shape index (κ1) is 19.5. The van der Waals surface area contributed by atoms with Crippen molar-refractivity contribution in [2.45, 2.75) is 45.2 Å². The van der Waals surface area contributed by atoms with E-state index in [1.54, 1.807) is 0 Å². The van der Waals surface area contributed by atoms with E-state index in [0.717, 1.165) is 22.5 Å². The van der Waals surface area contributed by atoms with Crippen LogP contribution in [-0.2, 0) is 16.0 Å². The maximum absolute atomic E-state index is 12.5. The van der Waals surface area contributed by atoms with Crippen LogP contribution >= 0.6 is 0 Å². The number of benzene rings is 2. The van der Waals surface area contributed by atoms with Crippen molar-refractivity contribution in [2.75, 3.05) is 13.7 Å². The Bertz CT molecular complexity index is 1040. The molecule has 0 amide bonds. The number of hydrogen-bond acceptors (Lipinski definition) is 4. The number of ether oxygens (including phenoxy) is 2. The molecule has 1 aromatic heterocycles. The Balaban J connectivity index is 1.88. The molecule has 3 aromatic rings. The van der Waals surface area contributed by atoms with Gasteiger partial charge in [-0.1, -0.05) is 38.1 Å². The number of hydrogen-bond donors (Lipinski definition) is 2. The van der Waals surface area contributed by atoms with Crippen LogP contribution in [-0.4, -0.2) is 30.7 Å². The molecule has 29 heavy (non-hydrogen) atoms. The average Bonchev–Trinajstić information content (AvgIpc) is 3.11. The molecule has 2 N–H and O–H groups in total. The van der Waals surface area contributed by atoms with E-state index >= 15 is 0 Å². The highest BCUT2D eigenvalue weighted by molar-refractivity contribution is 5.87. The number of esters is 1. The van der Waals surface area contributed by atoms with Gasteiger partial charge in [0.2, 0.25) is 0 Å². The first-order chi connectivity index (χ1) is 14.0. The maximum atomic E-state index is 12.5. The monoisotopic (exact) mass is 392 g/mol. The lowest BCUT2D eigenvalue weighted by molar-refractivity contribution is -0.143. The van der Waals surface area contributed by atoms with E-state index in [0.29, 0.717) is 18.9 Å². The molecule has 0 radical (unpaired) electrons. The number of carbonyl (C=O) groups excluding carboxylic acids is 1. The number of para-hydroxylation sites is 1. The molecule has 152 valence electrons. The second kappa shape index (κ2) is 7.91. The van der Waals surface area contributed by atoms with Crippen molar-refractivity contribution in [2.24, 2.45) is 0 Å². The fraction of sp³-hybridized carbons (Fsp3) is 0.375. The molecular weight excluding hydrogens is 364 g/mol. The molecule has 0 bridgehead atoms. The fourth-order valence-electron chi connectivity index (χ4n) is 4.35. The van der Waals surface area contributed by atoms with E-state index < -0.39 is 0 Å². The molecule has 4 rings (SSSR count). The second-order valence-corrected chi connectivity index (χ2v) is 7.82. The topological polar surface area (TPSA) is 63.4 Å². The van der Waals surface area contributed by atoms with Gasteiger partial charge in [0, 0.05) is 23.0 Å². The smallest absolute Gasteiger partial charge is 0.323 e. The number of aromatic nitrogens is 1. The highest BCUT2D eigenvalue weighted by atomic mass is 16.5. The van der Waals surface area contributed by atoms with E-state index in [1.807, 2.05) is 25.1 Å². The summed E-state index contributed by atoms with van der Waals surface area (Å²) in [5.41, 5.74) is 5.76. The summed E-state index contributed by atoms with van der Waals surface area (Å²) in [6.45, 7) is 6.99. The number of carbonyl (C=O) groups is 1. The van der Waals surface area contributed by atoms with Crippen LogP contribution in [0.25, 0.3) is 10.9 Å². The van der Waals surface area contributed by atoms with Crippen LogP contribution in [0.5, 0.6) is 5.75 Å². The van der Waals surface area contributed by atoms with Crippen LogP contribution in [0.3, 0.4) is 0 Å². The normalized spacial score (nSPS) is 18.7. The minimum atomic E-state index is -0.386. The van der Waals surface area contributed by atoms with Crippen LogP contribution in [0.1, 0.15) is 55.1 Å². The van der Waals surface area contributed by atoms with Gasteiger partial charge in [-0.15, -0.1) is 0 Å². The van der Waals surface area contributed by atoms with E-state index in [2.05, 4.69) is 48.4 Å². The zero-order chi connectivity index (χ0) is 20.5. The van der Waals surface area contributed by atoms with Crippen LogP contribution in [0.15, 0.2) is 42.5 Å². The van der Waals surface area contributed by atoms with Crippen molar-refractivity contribution < 1.29 is 14.3 Å². The number of H-pyrrole nitrogens is 1. The first-order valence-electron chi connectivity index (χ1n) is 10.2. The minimum Gasteiger partial charge on any atom is -0.494 e. The van der Waals surface area contributed by atoms with Gasteiger partial charge >= 0.3 is 5.97 Å². The first-order valence-corrected chi connectivity index (χ1v) is 10.2. The van der Waals surface area contributed by atoms with E-state index in [1.165, 1.54) is 23.6 Å². The second-order valence-electron chi connectivity index (χ2n) is 7.82. The summed E-state index contributed by atoms with van der Waals surface area (Å²) in [5, 5.41) is 4.70. The molecule has 2 aromatic carbocycles. The molecule has 2 unspecified atom stereocenters. The van der Waals surface area contributed by atoms with E-state index in [4.69, 9.17) is 9.47 Å². The lowest BCUT2D eigenvalue weighted by atomic mass is 9.85. The Morgan fingerprint density at radius 3 is 2.72 bits per heavy atom. The molecule has 1 aliphatic rings. The summed E-state index contributed by atoms with van der Waals surface area (Å²) < 4.78 is 10.8. The molecule has 0 saturated carbocycles. The Morgan fingerprint density at radius 1 is 1.21 bits per heavy atom. The van der Waals surface area contributed by atoms with Crippen molar-refractivity contribution >= 4 is 16.9 Å². The predicted octanol–water partition coefficient (Wildman–Crippen LogP) is 4.47. The lowest BCUT2D eigenvalue weighted by Crippen LogP contribution is -2.45. The zero-order valence-corrected chi connectivity index (χ0v) is 17.4. The van der Waals surface area contributed by atoms with E-state index in [-0.39, 0.29) is 18.1 Å². The number of aromatic amines is 1. The molecule has 0 spiro atoms. The molecule has 0 saturated heterocycles. The fourth-order valence-corrected chi connectivity index (χ4v) is 4.35. The van der Waals surface area contributed by atoms with Crippen LogP contribution in [0, 0.1) is 0 Å². The molecule has 2 atom stereocenters. The quantitative estimate of drug-likeness (QED) is 0.629. The summed E-state index contributed by atoms with van der Waals surface area (Å²) in [6.07, 6.45) is 0.608. The summed E-state index contributed by atoms with van der Waals surface area (Å²) in [4.78, 5) is 16.1. The average molecular weight is 392 g/mol. The standard InChI is InChI=1S/C24H28N2O3/c1-5-29-15-10-11-17(18(12-15)14(2)3)22-23-19(13-21(26-22)24(27)28-4)16-8-6-7-9-20(16)25-23/h6-12,14,21-22,25-26H,5,13H2,1-4H3. The molecule has 2 heterocycles. The summed E-state index contributed by atoms with van der Waals surface area (Å²) in [5.74, 6) is 0.957. The highest BCUT2D eigenvalue weighted by Crippen LogP contribution is 2.39. The Kier molecular flexibility index (Phi) is 5.33. The Labute approximate surface area is 171 Å². The van der Waals surface area contributed by atoms with E-state index in [9.17, 15) is 4.79 Å². The Hall–Kier alpha value is -2.79. The lowest BCUT2D eigenvalue weighted by Gasteiger charge is -2.32. The molecule has 0 fully saturated rings.